The van der Waals surface area contributed by atoms with E-state index in [-0.39, 0.29) is 16.7 Å². The molecule has 0 unspecified atom stereocenters. The molecule has 2 N–H and O–H groups in total. The van der Waals surface area contributed by atoms with Crippen molar-refractivity contribution in [3.8, 4) is 0 Å². The molecule has 0 aromatic carbocycles. The number of hydrogen-bond acceptors (Lipinski definition) is 3. The number of carbonyl (C=O) groups is 1. The standard InChI is InChI=1S/C9H5F3N2O2/c10-9(11,12)5-3-16-7-2-14-6(8(13)15)1-4(5)7/h1-3H,(H2,13,15). The summed E-state index contributed by atoms with van der Waals surface area (Å²) in [5, 5.41) is -0.226. The molecule has 0 bridgehead atoms. The monoisotopic (exact) mass is 230 g/mol. The molecule has 84 valence electrons. The van der Waals surface area contributed by atoms with E-state index in [1.807, 2.05) is 0 Å². The summed E-state index contributed by atoms with van der Waals surface area (Å²) >= 11 is 0. The molecule has 2 aromatic rings. The Morgan fingerprint density at radius 2 is 2.12 bits per heavy atom. The highest BCUT2D eigenvalue weighted by molar-refractivity contribution is 5.95. The van der Waals surface area contributed by atoms with Crippen LogP contribution in [0.2, 0.25) is 0 Å². The van der Waals surface area contributed by atoms with E-state index in [1.54, 1.807) is 0 Å². The molecule has 0 aliphatic carbocycles. The van der Waals surface area contributed by atoms with Gasteiger partial charge in [0.15, 0.2) is 5.58 Å². The maximum Gasteiger partial charge on any atom is 0.420 e. The minimum absolute atomic E-state index is 0.0441. The number of pyridine rings is 1. The van der Waals surface area contributed by atoms with Crippen molar-refractivity contribution < 1.29 is 22.4 Å². The highest BCUT2D eigenvalue weighted by Gasteiger charge is 2.34. The van der Waals surface area contributed by atoms with Gasteiger partial charge >= 0.3 is 6.18 Å². The predicted octanol–water partition coefficient (Wildman–Crippen LogP) is 1.95. The lowest BCUT2D eigenvalue weighted by molar-refractivity contribution is -0.136. The summed E-state index contributed by atoms with van der Waals surface area (Å²) in [5.74, 6) is -0.892. The third kappa shape index (κ3) is 1.60. The van der Waals surface area contributed by atoms with E-state index in [0.29, 0.717) is 6.26 Å². The zero-order chi connectivity index (χ0) is 11.9. The van der Waals surface area contributed by atoms with E-state index in [4.69, 9.17) is 5.73 Å². The lowest BCUT2D eigenvalue weighted by atomic mass is 10.2. The third-order valence-corrected chi connectivity index (χ3v) is 2.02. The minimum atomic E-state index is -4.54. The Bertz CT molecular complexity index is 559. The van der Waals surface area contributed by atoms with Gasteiger partial charge in [0.1, 0.15) is 17.5 Å². The van der Waals surface area contributed by atoms with Crippen molar-refractivity contribution in [1.82, 2.24) is 4.98 Å². The van der Waals surface area contributed by atoms with Gasteiger partial charge in [-0.1, -0.05) is 0 Å². The molecule has 1 amide bonds. The lowest BCUT2D eigenvalue weighted by Crippen LogP contribution is -2.13. The Kier molecular flexibility index (Phi) is 2.11. The molecule has 0 atom stereocenters. The van der Waals surface area contributed by atoms with Crippen LogP contribution < -0.4 is 5.73 Å². The van der Waals surface area contributed by atoms with Gasteiger partial charge in [0, 0.05) is 5.39 Å². The van der Waals surface area contributed by atoms with Crippen LogP contribution in [0.1, 0.15) is 16.1 Å². The number of amides is 1. The number of hydrogen-bond donors (Lipinski definition) is 1. The second kappa shape index (κ2) is 3.22. The molecular formula is C9H5F3N2O2. The molecule has 0 radical (unpaired) electrons. The Hall–Kier alpha value is -2.05. The fraction of sp³-hybridized carbons (Fsp3) is 0.111. The number of primary amides is 1. The fourth-order valence-corrected chi connectivity index (χ4v) is 1.29. The maximum atomic E-state index is 12.5. The highest BCUT2D eigenvalue weighted by atomic mass is 19.4. The zero-order valence-corrected chi connectivity index (χ0v) is 7.71. The van der Waals surface area contributed by atoms with Crippen LogP contribution in [0.3, 0.4) is 0 Å². The van der Waals surface area contributed by atoms with Crippen LogP contribution in [0.25, 0.3) is 11.0 Å². The lowest BCUT2D eigenvalue weighted by Gasteiger charge is -2.02. The molecule has 7 heteroatoms. The number of aromatic nitrogens is 1. The first-order valence-electron chi connectivity index (χ1n) is 4.14. The van der Waals surface area contributed by atoms with E-state index in [1.165, 1.54) is 0 Å². The predicted molar refractivity (Wildman–Crippen MR) is 47.5 cm³/mol. The van der Waals surface area contributed by atoms with Crippen LogP contribution in [-0.4, -0.2) is 10.9 Å². The van der Waals surface area contributed by atoms with Gasteiger partial charge in [0.2, 0.25) is 0 Å². The number of alkyl halides is 3. The van der Waals surface area contributed by atoms with Crippen LogP contribution in [0, 0.1) is 0 Å². The van der Waals surface area contributed by atoms with E-state index in [0.717, 1.165) is 12.3 Å². The summed E-state index contributed by atoms with van der Waals surface area (Å²) in [4.78, 5) is 14.3. The second-order valence-corrected chi connectivity index (χ2v) is 3.08. The fourth-order valence-electron chi connectivity index (χ4n) is 1.29. The Balaban J connectivity index is 2.70. The second-order valence-electron chi connectivity index (χ2n) is 3.08. The first-order chi connectivity index (χ1) is 7.39. The number of furan rings is 1. The average Bonchev–Trinajstić information content (AvgIpc) is 2.58. The number of nitrogens with two attached hydrogens (primary N) is 1. The van der Waals surface area contributed by atoms with Crippen LogP contribution >= 0.6 is 0 Å². The van der Waals surface area contributed by atoms with Crippen molar-refractivity contribution in [2.24, 2.45) is 5.73 Å². The summed E-state index contributed by atoms with van der Waals surface area (Å²) in [6.07, 6.45) is -2.93. The van der Waals surface area contributed by atoms with Gasteiger partial charge in [-0.25, -0.2) is 4.98 Å². The van der Waals surface area contributed by atoms with Gasteiger partial charge in [-0.3, -0.25) is 4.79 Å². The van der Waals surface area contributed by atoms with Crippen LogP contribution in [0.15, 0.2) is 22.9 Å². The van der Waals surface area contributed by atoms with Crippen molar-refractivity contribution >= 4 is 16.9 Å². The Labute approximate surface area is 86.9 Å². The molecule has 0 spiro atoms. The van der Waals surface area contributed by atoms with E-state index in [2.05, 4.69) is 9.40 Å². The number of halogens is 3. The first kappa shape index (κ1) is 10.5. The molecule has 0 saturated carbocycles. The summed E-state index contributed by atoms with van der Waals surface area (Å²) < 4.78 is 42.1. The van der Waals surface area contributed by atoms with Gasteiger partial charge in [0.25, 0.3) is 5.91 Å². The first-order valence-corrected chi connectivity index (χ1v) is 4.14. The molecule has 2 heterocycles. The van der Waals surface area contributed by atoms with E-state index < -0.39 is 17.6 Å². The molecule has 2 aromatic heterocycles. The number of fused-ring (bicyclic) bond motifs is 1. The number of rotatable bonds is 1. The summed E-state index contributed by atoms with van der Waals surface area (Å²) in [5.41, 5.74) is 3.69. The maximum absolute atomic E-state index is 12.5. The largest absolute Gasteiger partial charge is 0.462 e. The number of nitrogens with zero attached hydrogens (tertiary/aromatic N) is 1. The minimum Gasteiger partial charge on any atom is -0.462 e. The smallest absolute Gasteiger partial charge is 0.420 e. The molecule has 16 heavy (non-hydrogen) atoms. The molecule has 0 aliphatic rings. The normalized spacial score (nSPS) is 11.9. The number of carbonyl (C=O) groups excluding carboxylic acids is 1. The van der Waals surface area contributed by atoms with Crippen molar-refractivity contribution in [3.63, 3.8) is 0 Å². The Morgan fingerprint density at radius 1 is 1.44 bits per heavy atom. The van der Waals surface area contributed by atoms with Gasteiger partial charge in [-0.2, -0.15) is 13.2 Å². The zero-order valence-electron chi connectivity index (χ0n) is 7.71. The highest BCUT2D eigenvalue weighted by Crippen LogP contribution is 2.35. The van der Waals surface area contributed by atoms with Gasteiger partial charge in [-0.05, 0) is 6.07 Å². The molecule has 0 fully saturated rings. The molecular weight excluding hydrogens is 225 g/mol. The third-order valence-electron chi connectivity index (χ3n) is 2.02. The quantitative estimate of drug-likeness (QED) is 0.813. The van der Waals surface area contributed by atoms with Crippen molar-refractivity contribution in [3.05, 3.63) is 29.8 Å². The van der Waals surface area contributed by atoms with E-state index >= 15 is 0 Å². The van der Waals surface area contributed by atoms with Crippen LogP contribution in [0.5, 0.6) is 0 Å². The van der Waals surface area contributed by atoms with Crippen molar-refractivity contribution in [2.45, 2.75) is 6.18 Å². The summed E-state index contributed by atoms with van der Waals surface area (Å²) in [6, 6.07) is 0.962. The average molecular weight is 230 g/mol. The van der Waals surface area contributed by atoms with Gasteiger partial charge < -0.3 is 10.2 Å². The summed E-state index contributed by atoms with van der Waals surface area (Å²) in [6.45, 7) is 0. The summed E-state index contributed by atoms with van der Waals surface area (Å²) in [7, 11) is 0. The van der Waals surface area contributed by atoms with Crippen molar-refractivity contribution in [1.29, 1.82) is 0 Å². The molecule has 2 rings (SSSR count). The van der Waals surface area contributed by atoms with Gasteiger partial charge in [-0.15, -0.1) is 0 Å². The van der Waals surface area contributed by atoms with Gasteiger partial charge in [0.05, 0.1) is 6.20 Å². The molecule has 4 nitrogen and oxygen atoms in total. The van der Waals surface area contributed by atoms with Crippen molar-refractivity contribution in [2.75, 3.05) is 0 Å². The topological polar surface area (TPSA) is 69.1 Å². The SMILES string of the molecule is NC(=O)c1cc2c(C(F)(F)F)coc2cn1. The van der Waals surface area contributed by atoms with Crippen LogP contribution in [0.4, 0.5) is 13.2 Å². The molecule has 0 saturated heterocycles. The van der Waals surface area contributed by atoms with Crippen LogP contribution in [-0.2, 0) is 6.18 Å². The molecule has 0 aliphatic heterocycles. The van der Waals surface area contributed by atoms with E-state index in [9.17, 15) is 18.0 Å². The Morgan fingerprint density at radius 3 is 2.69 bits per heavy atom.